The SMILES string of the molecule is CC(N)(CC(c1ccccc1)[C@@H](N)c1ccc(-n2c3ccccc3c3ccc4c5ccccc5sc4c32)cc1)c1ccccc1. The smallest absolute Gasteiger partial charge is 0.0719 e. The van der Waals surface area contributed by atoms with Gasteiger partial charge in [-0.05, 0) is 54.3 Å². The van der Waals surface area contributed by atoms with Crippen molar-refractivity contribution in [1.82, 2.24) is 4.57 Å². The first-order chi connectivity index (χ1) is 22.0. The molecule has 0 bridgehead atoms. The molecule has 0 saturated heterocycles. The van der Waals surface area contributed by atoms with Gasteiger partial charge in [0.25, 0.3) is 0 Å². The highest BCUT2D eigenvalue weighted by atomic mass is 32.1. The molecule has 0 radical (unpaired) electrons. The van der Waals surface area contributed by atoms with Crippen molar-refractivity contribution in [2.24, 2.45) is 11.5 Å². The van der Waals surface area contributed by atoms with Gasteiger partial charge in [0, 0.05) is 49.4 Å². The van der Waals surface area contributed by atoms with E-state index in [0.29, 0.717) is 0 Å². The maximum Gasteiger partial charge on any atom is 0.0719 e. The van der Waals surface area contributed by atoms with E-state index in [1.165, 1.54) is 47.5 Å². The van der Waals surface area contributed by atoms with E-state index in [1.54, 1.807) is 0 Å². The van der Waals surface area contributed by atoms with Crippen LogP contribution in [-0.4, -0.2) is 4.57 Å². The lowest BCUT2D eigenvalue weighted by Gasteiger charge is -2.34. The molecule has 6 aromatic carbocycles. The Morgan fingerprint density at radius 1 is 0.622 bits per heavy atom. The number of hydrogen-bond donors (Lipinski definition) is 2. The van der Waals surface area contributed by atoms with Gasteiger partial charge in [-0.3, -0.25) is 0 Å². The molecular formula is C41H35N3S. The Kier molecular flexibility index (Phi) is 6.80. The van der Waals surface area contributed by atoms with Gasteiger partial charge in [0.2, 0.25) is 0 Å². The zero-order chi connectivity index (χ0) is 30.5. The molecule has 4 heteroatoms. The minimum absolute atomic E-state index is 0.0404. The van der Waals surface area contributed by atoms with Crippen LogP contribution in [0.2, 0.25) is 0 Å². The van der Waals surface area contributed by atoms with Crippen LogP contribution in [0.15, 0.2) is 146 Å². The second-order valence-electron chi connectivity index (χ2n) is 12.4. The Labute approximate surface area is 267 Å². The van der Waals surface area contributed by atoms with E-state index >= 15 is 0 Å². The van der Waals surface area contributed by atoms with Crippen molar-refractivity contribution in [1.29, 1.82) is 0 Å². The molecule has 220 valence electrons. The lowest BCUT2D eigenvalue weighted by atomic mass is 9.76. The molecule has 2 aromatic heterocycles. The molecule has 0 amide bonds. The highest BCUT2D eigenvalue weighted by Gasteiger charge is 2.31. The van der Waals surface area contributed by atoms with Crippen LogP contribution in [-0.2, 0) is 5.54 Å². The van der Waals surface area contributed by atoms with Gasteiger partial charge in [-0.2, -0.15) is 0 Å². The predicted molar refractivity (Wildman–Crippen MR) is 192 cm³/mol. The van der Waals surface area contributed by atoms with Crippen molar-refractivity contribution < 1.29 is 0 Å². The van der Waals surface area contributed by atoms with Crippen molar-refractivity contribution in [3.63, 3.8) is 0 Å². The van der Waals surface area contributed by atoms with E-state index in [9.17, 15) is 0 Å². The lowest BCUT2D eigenvalue weighted by Crippen LogP contribution is -2.37. The Hall–Kier alpha value is -4.74. The topological polar surface area (TPSA) is 57.0 Å². The Morgan fingerprint density at radius 2 is 1.24 bits per heavy atom. The van der Waals surface area contributed by atoms with Crippen molar-refractivity contribution in [3.05, 3.63) is 162 Å². The molecule has 0 aliphatic carbocycles. The van der Waals surface area contributed by atoms with Crippen LogP contribution in [0.4, 0.5) is 0 Å². The summed E-state index contributed by atoms with van der Waals surface area (Å²) in [4.78, 5) is 0. The van der Waals surface area contributed by atoms with Crippen molar-refractivity contribution in [2.45, 2.75) is 30.8 Å². The molecule has 2 unspecified atom stereocenters. The first kappa shape index (κ1) is 27.8. The molecule has 3 nitrogen and oxygen atoms in total. The van der Waals surface area contributed by atoms with Gasteiger partial charge in [-0.25, -0.2) is 0 Å². The largest absolute Gasteiger partial charge is 0.323 e. The van der Waals surface area contributed by atoms with Gasteiger partial charge in [-0.1, -0.05) is 121 Å². The van der Waals surface area contributed by atoms with E-state index in [-0.39, 0.29) is 12.0 Å². The van der Waals surface area contributed by atoms with Crippen molar-refractivity contribution in [3.8, 4) is 5.69 Å². The number of thiophene rings is 1. The summed E-state index contributed by atoms with van der Waals surface area (Å²) < 4.78 is 5.06. The second-order valence-corrected chi connectivity index (χ2v) is 13.5. The lowest BCUT2D eigenvalue weighted by molar-refractivity contribution is 0.370. The van der Waals surface area contributed by atoms with E-state index in [2.05, 4.69) is 151 Å². The molecule has 2 heterocycles. The monoisotopic (exact) mass is 601 g/mol. The van der Waals surface area contributed by atoms with Crippen LogP contribution in [0.3, 0.4) is 0 Å². The number of aromatic nitrogens is 1. The average Bonchev–Trinajstić information content (AvgIpc) is 3.64. The molecule has 0 spiro atoms. The summed E-state index contributed by atoms with van der Waals surface area (Å²) in [6.07, 6.45) is 0.723. The maximum atomic E-state index is 7.16. The summed E-state index contributed by atoms with van der Waals surface area (Å²) in [6, 6.07) is 51.6. The first-order valence-electron chi connectivity index (χ1n) is 15.6. The molecule has 3 atom stereocenters. The van der Waals surface area contributed by atoms with E-state index in [0.717, 1.165) is 23.2 Å². The fraction of sp³-hybridized carbons (Fsp3) is 0.122. The first-order valence-corrected chi connectivity index (χ1v) is 16.4. The maximum absolute atomic E-state index is 7.16. The normalized spacial score (nSPS) is 14.6. The molecule has 8 rings (SSSR count). The highest BCUT2D eigenvalue weighted by molar-refractivity contribution is 7.26. The third-order valence-electron chi connectivity index (χ3n) is 9.45. The molecule has 0 aliphatic heterocycles. The Bertz CT molecular complexity index is 2280. The molecule has 45 heavy (non-hydrogen) atoms. The summed E-state index contributed by atoms with van der Waals surface area (Å²) in [7, 11) is 0. The zero-order valence-corrected chi connectivity index (χ0v) is 26.0. The van der Waals surface area contributed by atoms with Gasteiger partial charge in [0.05, 0.1) is 15.7 Å². The van der Waals surface area contributed by atoms with Crippen molar-refractivity contribution >= 4 is 53.3 Å². The highest BCUT2D eigenvalue weighted by Crippen LogP contribution is 2.43. The zero-order valence-electron chi connectivity index (χ0n) is 25.2. The fourth-order valence-electron chi connectivity index (χ4n) is 7.12. The van der Waals surface area contributed by atoms with Crippen LogP contribution in [0.25, 0.3) is 47.7 Å². The predicted octanol–water partition coefficient (Wildman–Crippen LogP) is 10.2. The minimum Gasteiger partial charge on any atom is -0.323 e. The molecule has 0 fully saturated rings. The van der Waals surface area contributed by atoms with Crippen molar-refractivity contribution in [2.75, 3.05) is 0 Å². The minimum atomic E-state index is -0.530. The third-order valence-corrected chi connectivity index (χ3v) is 10.6. The van der Waals surface area contributed by atoms with E-state index in [1.807, 2.05) is 17.4 Å². The third kappa shape index (κ3) is 4.74. The number of nitrogens with two attached hydrogens (primary N) is 2. The number of hydrogen-bond acceptors (Lipinski definition) is 3. The fourth-order valence-corrected chi connectivity index (χ4v) is 8.36. The van der Waals surface area contributed by atoms with Gasteiger partial charge < -0.3 is 16.0 Å². The molecule has 4 N–H and O–H groups in total. The van der Waals surface area contributed by atoms with Crippen LogP contribution >= 0.6 is 11.3 Å². The standard InChI is InChI=1S/C41H35N3S/c1-41(43,29-14-6-3-7-15-29)26-35(27-12-4-2-5-13-27)38(42)28-20-22-30(23-21-28)44-36-18-10-8-16-31(36)33-24-25-34-32-17-9-11-19-37(32)45-40(34)39(33)44/h2-25,35,38H,26,42-43H2,1H3/t35?,38-,41?/m0/s1. The summed E-state index contributed by atoms with van der Waals surface area (Å²) >= 11 is 1.88. The molecule has 8 aromatic rings. The number of rotatable bonds is 7. The number of fused-ring (bicyclic) bond motifs is 7. The number of para-hydroxylation sites is 1. The molecular weight excluding hydrogens is 567 g/mol. The Balaban J connectivity index is 1.23. The van der Waals surface area contributed by atoms with Gasteiger partial charge in [0.15, 0.2) is 0 Å². The average molecular weight is 602 g/mol. The van der Waals surface area contributed by atoms with Crippen LogP contribution in [0.1, 0.15) is 42.0 Å². The van der Waals surface area contributed by atoms with Gasteiger partial charge in [0.1, 0.15) is 0 Å². The number of nitrogens with zero attached hydrogens (tertiary/aromatic N) is 1. The van der Waals surface area contributed by atoms with Crippen LogP contribution < -0.4 is 11.5 Å². The summed E-state index contributed by atoms with van der Waals surface area (Å²) in [5.41, 5.74) is 20.7. The van der Waals surface area contributed by atoms with Gasteiger partial charge >= 0.3 is 0 Å². The number of benzene rings is 6. The van der Waals surface area contributed by atoms with Crippen LogP contribution in [0, 0.1) is 0 Å². The molecule has 0 aliphatic rings. The summed E-state index contributed by atoms with van der Waals surface area (Å²) in [5.74, 6) is 0.0404. The summed E-state index contributed by atoms with van der Waals surface area (Å²) in [6.45, 7) is 2.12. The summed E-state index contributed by atoms with van der Waals surface area (Å²) in [5, 5.41) is 5.16. The quantitative estimate of drug-likeness (QED) is 0.191. The molecule has 0 saturated carbocycles. The Morgan fingerprint density at radius 3 is 2.00 bits per heavy atom. The second kappa shape index (κ2) is 11.0. The van der Waals surface area contributed by atoms with E-state index < -0.39 is 5.54 Å². The van der Waals surface area contributed by atoms with Gasteiger partial charge in [-0.15, -0.1) is 11.3 Å². The van der Waals surface area contributed by atoms with E-state index in [4.69, 9.17) is 11.5 Å². The van der Waals surface area contributed by atoms with Crippen LogP contribution in [0.5, 0.6) is 0 Å².